The van der Waals surface area contributed by atoms with E-state index in [0.717, 1.165) is 47.7 Å². The first kappa shape index (κ1) is 15.5. The molecule has 2 N–H and O–H groups in total. The van der Waals surface area contributed by atoms with Crippen molar-refractivity contribution >= 4 is 0 Å². The van der Waals surface area contributed by atoms with Crippen LogP contribution in [0.15, 0.2) is 48.9 Å². The van der Waals surface area contributed by atoms with Crippen LogP contribution in [0.3, 0.4) is 0 Å². The first-order chi connectivity index (χ1) is 12.2. The van der Waals surface area contributed by atoms with E-state index in [1.54, 1.807) is 24.5 Å². The van der Waals surface area contributed by atoms with Gasteiger partial charge in [-0.1, -0.05) is 6.07 Å². The molecule has 0 aliphatic carbocycles. The number of phenolic OH excluding ortho intramolecular Hbond substituents is 2. The van der Waals surface area contributed by atoms with Crippen LogP contribution in [0.2, 0.25) is 0 Å². The molecule has 0 spiro atoms. The highest BCUT2D eigenvalue weighted by molar-refractivity contribution is 5.54. The van der Waals surface area contributed by atoms with Crippen LogP contribution in [0.25, 0.3) is 11.4 Å². The summed E-state index contributed by atoms with van der Waals surface area (Å²) in [4.78, 5) is 15.5. The predicted octanol–water partition coefficient (Wildman–Crippen LogP) is 2.51. The Morgan fingerprint density at radius 2 is 1.92 bits per heavy atom. The zero-order valence-corrected chi connectivity index (χ0v) is 13.6. The van der Waals surface area contributed by atoms with Crippen LogP contribution < -0.4 is 0 Å². The second-order valence-corrected chi connectivity index (χ2v) is 6.18. The molecule has 0 radical (unpaired) electrons. The highest BCUT2D eigenvalue weighted by atomic mass is 16.3. The molecular weight excluding hydrogens is 316 g/mol. The fourth-order valence-corrected chi connectivity index (χ4v) is 3.08. The van der Waals surface area contributed by atoms with Crippen molar-refractivity contribution in [1.29, 1.82) is 0 Å². The zero-order chi connectivity index (χ0) is 17.2. The number of hydrogen-bond acceptors (Lipinski definition) is 6. The number of pyridine rings is 1. The molecule has 1 aromatic carbocycles. The van der Waals surface area contributed by atoms with Crippen LogP contribution in [0.1, 0.15) is 16.8 Å². The van der Waals surface area contributed by atoms with Crippen molar-refractivity contribution in [1.82, 2.24) is 19.9 Å². The maximum absolute atomic E-state index is 9.96. The second kappa shape index (κ2) is 6.49. The van der Waals surface area contributed by atoms with Crippen molar-refractivity contribution in [2.75, 3.05) is 6.54 Å². The van der Waals surface area contributed by atoms with Gasteiger partial charge in [0, 0.05) is 67.4 Å². The van der Waals surface area contributed by atoms with E-state index in [-0.39, 0.29) is 11.5 Å². The Bertz CT molecular complexity index is 899. The number of aromatic nitrogens is 3. The van der Waals surface area contributed by atoms with Gasteiger partial charge in [0.15, 0.2) is 5.82 Å². The molecule has 4 rings (SSSR count). The lowest BCUT2D eigenvalue weighted by molar-refractivity contribution is 0.239. The molecule has 0 saturated carbocycles. The van der Waals surface area contributed by atoms with Gasteiger partial charge in [-0.3, -0.25) is 9.88 Å². The van der Waals surface area contributed by atoms with E-state index in [0.29, 0.717) is 6.54 Å². The largest absolute Gasteiger partial charge is 0.508 e. The van der Waals surface area contributed by atoms with Gasteiger partial charge < -0.3 is 10.2 Å². The van der Waals surface area contributed by atoms with E-state index < -0.39 is 0 Å². The minimum absolute atomic E-state index is 0.0716. The number of fused-ring (bicyclic) bond motifs is 1. The van der Waals surface area contributed by atoms with Crippen molar-refractivity contribution < 1.29 is 10.2 Å². The van der Waals surface area contributed by atoms with Crippen LogP contribution in [0.5, 0.6) is 11.5 Å². The second-order valence-electron chi connectivity index (χ2n) is 6.18. The maximum Gasteiger partial charge on any atom is 0.159 e. The third-order valence-electron chi connectivity index (χ3n) is 4.41. The Balaban J connectivity index is 1.52. The molecule has 3 heterocycles. The maximum atomic E-state index is 9.96. The van der Waals surface area contributed by atoms with Gasteiger partial charge in [0.05, 0.1) is 5.69 Å². The lowest BCUT2D eigenvalue weighted by Gasteiger charge is -2.28. The molecule has 0 amide bonds. The van der Waals surface area contributed by atoms with E-state index >= 15 is 0 Å². The lowest BCUT2D eigenvalue weighted by Crippen LogP contribution is -2.31. The summed E-state index contributed by atoms with van der Waals surface area (Å²) in [5, 5.41) is 19.4. The molecule has 126 valence electrons. The molecule has 2 aromatic heterocycles. The van der Waals surface area contributed by atoms with Crippen LogP contribution >= 0.6 is 0 Å². The molecule has 0 saturated heterocycles. The Morgan fingerprint density at radius 3 is 2.72 bits per heavy atom. The molecule has 1 aliphatic heterocycles. The quantitative estimate of drug-likeness (QED) is 0.766. The monoisotopic (exact) mass is 334 g/mol. The van der Waals surface area contributed by atoms with E-state index in [2.05, 4.69) is 14.9 Å². The lowest BCUT2D eigenvalue weighted by atomic mass is 10.1. The Hall–Kier alpha value is -2.99. The molecule has 1 aliphatic rings. The van der Waals surface area contributed by atoms with Crippen molar-refractivity contribution in [3.63, 3.8) is 0 Å². The Labute approximate surface area is 145 Å². The van der Waals surface area contributed by atoms with Crippen molar-refractivity contribution in [2.45, 2.75) is 19.5 Å². The molecule has 0 unspecified atom stereocenters. The van der Waals surface area contributed by atoms with Gasteiger partial charge in [-0.2, -0.15) is 0 Å². The average molecular weight is 334 g/mol. The molecular formula is C19H18N4O2. The SMILES string of the molecule is Oc1ccc(CN2CCc3nc(-c4ccncc4)ncc3C2)c(O)c1. The van der Waals surface area contributed by atoms with Gasteiger partial charge in [0.1, 0.15) is 11.5 Å². The van der Waals surface area contributed by atoms with Gasteiger partial charge in [-0.25, -0.2) is 9.97 Å². The van der Waals surface area contributed by atoms with Gasteiger partial charge in [-0.15, -0.1) is 0 Å². The normalized spacial score (nSPS) is 14.2. The summed E-state index contributed by atoms with van der Waals surface area (Å²) in [5.74, 6) is 0.920. The third-order valence-corrected chi connectivity index (χ3v) is 4.41. The van der Waals surface area contributed by atoms with Crippen molar-refractivity contribution in [3.05, 3.63) is 65.7 Å². The van der Waals surface area contributed by atoms with Crippen LogP contribution in [-0.4, -0.2) is 36.6 Å². The van der Waals surface area contributed by atoms with Crippen molar-refractivity contribution in [2.24, 2.45) is 0 Å². The molecule has 0 bridgehead atoms. The minimum Gasteiger partial charge on any atom is -0.508 e. The fourth-order valence-electron chi connectivity index (χ4n) is 3.08. The van der Waals surface area contributed by atoms with E-state index in [4.69, 9.17) is 4.98 Å². The minimum atomic E-state index is 0.0716. The van der Waals surface area contributed by atoms with Crippen LogP contribution in [0, 0.1) is 0 Å². The van der Waals surface area contributed by atoms with E-state index in [9.17, 15) is 10.2 Å². The van der Waals surface area contributed by atoms with E-state index in [1.165, 1.54) is 6.07 Å². The summed E-state index contributed by atoms with van der Waals surface area (Å²) in [6, 6.07) is 8.53. The Morgan fingerprint density at radius 1 is 1.08 bits per heavy atom. The summed E-state index contributed by atoms with van der Waals surface area (Å²) in [5.41, 5.74) is 3.96. The molecule has 6 nitrogen and oxygen atoms in total. The molecule has 0 fully saturated rings. The molecule has 25 heavy (non-hydrogen) atoms. The number of nitrogens with zero attached hydrogens (tertiary/aromatic N) is 4. The summed E-state index contributed by atoms with van der Waals surface area (Å²) >= 11 is 0. The highest BCUT2D eigenvalue weighted by Crippen LogP contribution is 2.26. The number of aromatic hydroxyl groups is 2. The summed E-state index contributed by atoms with van der Waals surface area (Å²) < 4.78 is 0. The molecule has 0 atom stereocenters. The molecule has 6 heteroatoms. The number of hydrogen-bond donors (Lipinski definition) is 2. The number of benzene rings is 1. The first-order valence-corrected chi connectivity index (χ1v) is 8.17. The van der Waals surface area contributed by atoms with E-state index in [1.807, 2.05) is 18.3 Å². The van der Waals surface area contributed by atoms with Crippen LogP contribution in [0.4, 0.5) is 0 Å². The standard InChI is InChI=1S/C19H18N4O2/c24-16-2-1-14(18(25)9-16)11-23-8-5-17-15(12-23)10-21-19(22-17)13-3-6-20-7-4-13/h1-4,6-7,9-10,24-25H,5,8,11-12H2. The molecule has 3 aromatic rings. The summed E-state index contributed by atoms with van der Waals surface area (Å²) in [6.07, 6.45) is 6.21. The average Bonchev–Trinajstić information content (AvgIpc) is 2.64. The highest BCUT2D eigenvalue weighted by Gasteiger charge is 2.19. The van der Waals surface area contributed by atoms with Gasteiger partial charge in [0.2, 0.25) is 0 Å². The summed E-state index contributed by atoms with van der Waals surface area (Å²) in [7, 11) is 0. The number of phenols is 2. The third kappa shape index (κ3) is 3.29. The predicted molar refractivity (Wildman–Crippen MR) is 92.9 cm³/mol. The van der Waals surface area contributed by atoms with Crippen LogP contribution in [-0.2, 0) is 19.5 Å². The fraction of sp³-hybridized carbons (Fsp3) is 0.211. The van der Waals surface area contributed by atoms with Gasteiger partial charge in [-0.05, 0) is 18.2 Å². The topological polar surface area (TPSA) is 82.4 Å². The van der Waals surface area contributed by atoms with Crippen molar-refractivity contribution in [3.8, 4) is 22.9 Å². The van der Waals surface area contributed by atoms with Gasteiger partial charge >= 0.3 is 0 Å². The zero-order valence-electron chi connectivity index (χ0n) is 13.6. The van der Waals surface area contributed by atoms with Gasteiger partial charge in [0.25, 0.3) is 0 Å². The smallest absolute Gasteiger partial charge is 0.159 e. The number of rotatable bonds is 3. The summed E-state index contributed by atoms with van der Waals surface area (Å²) in [6.45, 7) is 2.23. The first-order valence-electron chi connectivity index (χ1n) is 8.17. The Kier molecular flexibility index (Phi) is 4.03.